The zero-order chi connectivity index (χ0) is 14.5. The van der Waals surface area contributed by atoms with Gasteiger partial charge in [0.15, 0.2) is 0 Å². The van der Waals surface area contributed by atoms with Gasteiger partial charge in [-0.2, -0.15) is 0 Å². The van der Waals surface area contributed by atoms with E-state index in [9.17, 15) is 5.11 Å². The van der Waals surface area contributed by atoms with Crippen LogP contribution in [0.2, 0.25) is 0 Å². The predicted octanol–water partition coefficient (Wildman–Crippen LogP) is 3.99. The summed E-state index contributed by atoms with van der Waals surface area (Å²) in [6.45, 7) is 8.74. The molecule has 0 bridgehead atoms. The van der Waals surface area contributed by atoms with E-state index in [1.54, 1.807) is 0 Å². The summed E-state index contributed by atoms with van der Waals surface area (Å²) < 4.78 is 0. The molecule has 2 atom stereocenters. The molecule has 1 heterocycles. The van der Waals surface area contributed by atoms with E-state index in [-0.39, 0.29) is 6.10 Å². The lowest BCUT2D eigenvalue weighted by atomic mass is 9.98. The van der Waals surface area contributed by atoms with Crippen LogP contribution in [0.1, 0.15) is 61.8 Å². The molecule has 1 N–H and O–H groups in total. The summed E-state index contributed by atoms with van der Waals surface area (Å²) in [6, 6.07) is 7.05. The first kappa shape index (κ1) is 15.5. The molecule has 0 aliphatic carbocycles. The van der Waals surface area contributed by atoms with Crippen LogP contribution in [0, 0.1) is 13.8 Å². The van der Waals surface area contributed by atoms with Crippen molar-refractivity contribution in [3.8, 4) is 0 Å². The minimum absolute atomic E-state index is 0.325. The molecule has 1 saturated heterocycles. The van der Waals surface area contributed by atoms with Gasteiger partial charge >= 0.3 is 0 Å². The molecule has 1 aromatic carbocycles. The maximum atomic E-state index is 10.4. The van der Waals surface area contributed by atoms with Crippen molar-refractivity contribution >= 4 is 0 Å². The molecule has 1 fully saturated rings. The minimum atomic E-state index is -0.325. The van der Waals surface area contributed by atoms with Crippen LogP contribution in [0.15, 0.2) is 18.2 Å². The standard InChI is InChI=1S/C18H29NO/c1-4-17-7-5-6-11-19(17)12-10-18(20)16-9-8-14(2)15(3)13-16/h8-9,13,17-18,20H,4-7,10-12H2,1-3H3. The average Bonchev–Trinajstić information content (AvgIpc) is 2.47. The van der Waals surface area contributed by atoms with Crippen molar-refractivity contribution in [2.45, 2.75) is 65.0 Å². The highest BCUT2D eigenvalue weighted by Gasteiger charge is 2.21. The van der Waals surface area contributed by atoms with Gasteiger partial charge in [-0.05, 0) is 62.8 Å². The number of aliphatic hydroxyl groups excluding tert-OH is 1. The number of hydrogen-bond donors (Lipinski definition) is 1. The number of likely N-dealkylation sites (tertiary alicyclic amines) is 1. The number of piperidine rings is 1. The molecule has 0 radical (unpaired) electrons. The molecule has 0 amide bonds. The lowest BCUT2D eigenvalue weighted by Crippen LogP contribution is -2.40. The van der Waals surface area contributed by atoms with Gasteiger partial charge in [-0.3, -0.25) is 0 Å². The number of rotatable bonds is 5. The van der Waals surface area contributed by atoms with Gasteiger partial charge in [0.05, 0.1) is 6.10 Å². The van der Waals surface area contributed by atoms with E-state index in [0.29, 0.717) is 0 Å². The van der Waals surface area contributed by atoms with E-state index in [0.717, 1.165) is 24.6 Å². The second-order valence-electron chi connectivity index (χ2n) is 6.24. The molecule has 2 unspecified atom stereocenters. The van der Waals surface area contributed by atoms with Crippen molar-refractivity contribution in [1.29, 1.82) is 0 Å². The molecule has 0 aromatic heterocycles. The highest BCUT2D eigenvalue weighted by atomic mass is 16.3. The Balaban J connectivity index is 1.90. The van der Waals surface area contributed by atoms with Crippen LogP contribution in [0.25, 0.3) is 0 Å². The summed E-state index contributed by atoms with van der Waals surface area (Å²) in [5, 5.41) is 10.4. The van der Waals surface area contributed by atoms with Gasteiger partial charge in [0.1, 0.15) is 0 Å². The number of nitrogens with zero attached hydrogens (tertiary/aromatic N) is 1. The van der Waals surface area contributed by atoms with Crippen LogP contribution in [0.5, 0.6) is 0 Å². The molecule has 1 aromatic rings. The van der Waals surface area contributed by atoms with Crippen LogP contribution in [-0.4, -0.2) is 29.1 Å². The molecule has 2 nitrogen and oxygen atoms in total. The highest BCUT2D eigenvalue weighted by molar-refractivity contribution is 5.31. The molecular weight excluding hydrogens is 246 g/mol. The largest absolute Gasteiger partial charge is 0.388 e. The van der Waals surface area contributed by atoms with Crippen molar-refractivity contribution < 1.29 is 5.11 Å². The Morgan fingerprint density at radius 3 is 2.75 bits per heavy atom. The summed E-state index contributed by atoms with van der Waals surface area (Å²) in [4.78, 5) is 2.58. The summed E-state index contributed by atoms with van der Waals surface area (Å²) in [6.07, 6.45) is 5.77. The lowest BCUT2D eigenvalue weighted by molar-refractivity contribution is 0.101. The van der Waals surface area contributed by atoms with Gasteiger partial charge in [0, 0.05) is 12.6 Å². The Hall–Kier alpha value is -0.860. The van der Waals surface area contributed by atoms with Crippen molar-refractivity contribution in [3.63, 3.8) is 0 Å². The smallest absolute Gasteiger partial charge is 0.0802 e. The maximum Gasteiger partial charge on any atom is 0.0802 e. The van der Waals surface area contributed by atoms with Gasteiger partial charge in [0.25, 0.3) is 0 Å². The number of benzene rings is 1. The third-order valence-electron chi connectivity index (χ3n) is 4.83. The van der Waals surface area contributed by atoms with Gasteiger partial charge in [-0.15, -0.1) is 0 Å². The van der Waals surface area contributed by atoms with E-state index in [1.165, 1.54) is 43.4 Å². The Bertz CT molecular complexity index is 429. The quantitative estimate of drug-likeness (QED) is 0.878. The Morgan fingerprint density at radius 1 is 1.25 bits per heavy atom. The monoisotopic (exact) mass is 275 g/mol. The van der Waals surface area contributed by atoms with Crippen LogP contribution in [0.4, 0.5) is 0 Å². The first-order valence-electron chi connectivity index (χ1n) is 8.11. The first-order valence-corrected chi connectivity index (χ1v) is 8.11. The van der Waals surface area contributed by atoms with Gasteiger partial charge < -0.3 is 10.0 Å². The number of hydrogen-bond acceptors (Lipinski definition) is 2. The molecule has 112 valence electrons. The summed E-state index contributed by atoms with van der Waals surface area (Å²) in [7, 11) is 0. The SMILES string of the molecule is CCC1CCCCN1CCC(O)c1ccc(C)c(C)c1. The number of aliphatic hydroxyl groups is 1. The van der Waals surface area contributed by atoms with E-state index in [2.05, 4.69) is 43.9 Å². The van der Waals surface area contributed by atoms with E-state index in [1.807, 2.05) is 0 Å². The molecule has 0 spiro atoms. The summed E-state index contributed by atoms with van der Waals surface area (Å²) in [5.41, 5.74) is 3.63. The molecule has 20 heavy (non-hydrogen) atoms. The van der Waals surface area contributed by atoms with E-state index in [4.69, 9.17) is 0 Å². The average molecular weight is 275 g/mol. The van der Waals surface area contributed by atoms with Gasteiger partial charge in [-0.25, -0.2) is 0 Å². The third kappa shape index (κ3) is 3.83. The minimum Gasteiger partial charge on any atom is -0.388 e. The zero-order valence-corrected chi connectivity index (χ0v) is 13.2. The highest BCUT2D eigenvalue weighted by Crippen LogP contribution is 2.24. The van der Waals surface area contributed by atoms with Crippen molar-refractivity contribution in [2.24, 2.45) is 0 Å². The fraction of sp³-hybridized carbons (Fsp3) is 0.667. The predicted molar refractivity (Wildman–Crippen MR) is 85.0 cm³/mol. The first-order chi connectivity index (χ1) is 9.61. The normalized spacial score (nSPS) is 21.9. The van der Waals surface area contributed by atoms with Crippen LogP contribution >= 0.6 is 0 Å². The second-order valence-corrected chi connectivity index (χ2v) is 6.24. The fourth-order valence-corrected chi connectivity index (χ4v) is 3.24. The second kappa shape index (κ2) is 7.24. The molecular formula is C18H29NO. The van der Waals surface area contributed by atoms with Gasteiger partial charge in [-0.1, -0.05) is 31.5 Å². The topological polar surface area (TPSA) is 23.5 Å². The molecule has 2 heteroatoms. The molecule has 0 saturated carbocycles. The fourth-order valence-electron chi connectivity index (χ4n) is 3.24. The Labute approximate surface area is 123 Å². The Morgan fingerprint density at radius 2 is 2.05 bits per heavy atom. The lowest BCUT2D eigenvalue weighted by Gasteiger charge is -2.35. The third-order valence-corrected chi connectivity index (χ3v) is 4.83. The molecule has 1 aliphatic heterocycles. The van der Waals surface area contributed by atoms with E-state index >= 15 is 0 Å². The number of aryl methyl sites for hydroxylation is 2. The molecule has 1 aliphatic rings. The Kier molecular flexibility index (Phi) is 5.62. The van der Waals surface area contributed by atoms with Crippen LogP contribution in [-0.2, 0) is 0 Å². The van der Waals surface area contributed by atoms with Crippen LogP contribution < -0.4 is 0 Å². The van der Waals surface area contributed by atoms with E-state index < -0.39 is 0 Å². The maximum absolute atomic E-state index is 10.4. The van der Waals surface area contributed by atoms with Crippen molar-refractivity contribution in [1.82, 2.24) is 4.90 Å². The summed E-state index contributed by atoms with van der Waals surface area (Å²) >= 11 is 0. The summed E-state index contributed by atoms with van der Waals surface area (Å²) in [5.74, 6) is 0. The molecule has 2 rings (SSSR count). The zero-order valence-electron chi connectivity index (χ0n) is 13.2. The van der Waals surface area contributed by atoms with Gasteiger partial charge in [0.2, 0.25) is 0 Å². The van der Waals surface area contributed by atoms with Crippen molar-refractivity contribution in [2.75, 3.05) is 13.1 Å². The van der Waals surface area contributed by atoms with Crippen LogP contribution in [0.3, 0.4) is 0 Å². The van der Waals surface area contributed by atoms with Crippen molar-refractivity contribution in [3.05, 3.63) is 34.9 Å².